The summed E-state index contributed by atoms with van der Waals surface area (Å²) < 4.78 is 58.9. The average Bonchev–Trinajstić information content (AvgIpc) is 2.49. The summed E-state index contributed by atoms with van der Waals surface area (Å²) in [6.07, 6.45) is -4.38. The van der Waals surface area contributed by atoms with Crippen molar-refractivity contribution in [2.45, 2.75) is 52.0 Å². The van der Waals surface area contributed by atoms with Crippen molar-refractivity contribution >= 4 is 8.32 Å². The Morgan fingerprint density at radius 1 is 0.885 bits per heavy atom. The lowest BCUT2D eigenvalue weighted by Crippen LogP contribution is -2.44. The molecule has 0 aromatic heterocycles. The quantitative estimate of drug-likeness (QED) is 0.401. The molecule has 0 saturated heterocycles. The Bertz CT molecular complexity index is 787. The van der Waals surface area contributed by atoms with Crippen LogP contribution in [0.5, 0.6) is 5.75 Å². The first-order valence-corrected chi connectivity index (χ1v) is 11.3. The fourth-order valence-corrected chi connectivity index (χ4v) is 3.26. The minimum absolute atomic E-state index is 0.0995. The summed E-state index contributed by atoms with van der Waals surface area (Å²) in [7, 11) is -2.25. The molecule has 2 aromatic carbocycles. The average molecular weight is 384 g/mol. The highest BCUT2D eigenvalue weighted by Crippen LogP contribution is 2.40. The summed E-state index contributed by atoms with van der Waals surface area (Å²) in [5, 5.41) is -0.0995. The molecule has 0 amide bonds. The third-order valence-corrected chi connectivity index (χ3v) is 9.28. The van der Waals surface area contributed by atoms with E-state index in [0.29, 0.717) is 16.7 Å². The molecule has 1 nitrogen and oxygen atoms in total. The van der Waals surface area contributed by atoms with Crippen LogP contribution in [0, 0.1) is 12.7 Å². The highest BCUT2D eigenvalue weighted by Gasteiger charge is 2.39. The number of halogens is 4. The lowest BCUT2D eigenvalue weighted by Gasteiger charge is -2.36. The molecule has 0 saturated carbocycles. The van der Waals surface area contributed by atoms with E-state index in [0.717, 1.165) is 12.1 Å². The first kappa shape index (κ1) is 20.5. The van der Waals surface area contributed by atoms with Gasteiger partial charge in [0.1, 0.15) is 5.75 Å². The van der Waals surface area contributed by atoms with E-state index < -0.39 is 25.9 Å². The molecule has 6 heteroatoms. The molecule has 0 aliphatic heterocycles. The molecule has 0 atom stereocenters. The lowest BCUT2D eigenvalue weighted by atomic mass is 10.0. The van der Waals surface area contributed by atoms with Crippen molar-refractivity contribution in [3.63, 3.8) is 0 Å². The Morgan fingerprint density at radius 3 is 1.88 bits per heavy atom. The SMILES string of the molecule is Cc1cc(-c2ccc(C(F)(F)F)cc2)cc(O[Si](C)(C)C(C)(C)C)c1F. The van der Waals surface area contributed by atoms with Crippen LogP contribution in [0.3, 0.4) is 0 Å². The van der Waals surface area contributed by atoms with Crippen LogP contribution >= 0.6 is 0 Å². The molecule has 0 N–H and O–H groups in total. The maximum absolute atomic E-state index is 14.6. The van der Waals surface area contributed by atoms with Crippen LogP contribution in [0.25, 0.3) is 11.1 Å². The third kappa shape index (κ3) is 4.28. The maximum Gasteiger partial charge on any atom is 0.416 e. The van der Waals surface area contributed by atoms with Crippen molar-refractivity contribution in [1.82, 2.24) is 0 Å². The molecule has 0 fully saturated rings. The second-order valence-electron chi connectivity index (χ2n) is 8.04. The second kappa shape index (κ2) is 6.72. The molecule has 0 heterocycles. The van der Waals surface area contributed by atoms with Crippen molar-refractivity contribution < 1.29 is 22.0 Å². The van der Waals surface area contributed by atoms with E-state index in [1.54, 1.807) is 19.1 Å². The van der Waals surface area contributed by atoms with Crippen molar-refractivity contribution in [1.29, 1.82) is 0 Å². The number of alkyl halides is 3. The Morgan fingerprint density at radius 2 is 1.42 bits per heavy atom. The standard InChI is InChI=1S/C20H24F4OSi/c1-13-11-15(14-7-9-16(10-8-14)20(22,23)24)12-17(18(13)21)25-26(5,6)19(2,3)4/h7-12H,1-6H3. The normalized spacial score (nSPS) is 13.0. The fraction of sp³-hybridized carbons (Fsp3) is 0.400. The van der Waals surface area contributed by atoms with E-state index in [4.69, 9.17) is 4.43 Å². The van der Waals surface area contributed by atoms with Gasteiger partial charge in [-0.3, -0.25) is 0 Å². The van der Waals surface area contributed by atoms with Gasteiger partial charge in [-0.15, -0.1) is 0 Å². The number of hydrogen-bond donors (Lipinski definition) is 0. The van der Waals surface area contributed by atoms with Crippen LogP contribution in [0.1, 0.15) is 31.9 Å². The lowest BCUT2D eigenvalue weighted by molar-refractivity contribution is -0.137. The zero-order valence-electron chi connectivity index (χ0n) is 15.9. The van der Waals surface area contributed by atoms with Gasteiger partial charge in [0.2, 0.25) is 0 Å². The van der Waals surface area contributed by atoms with E-state index >= 15 is 0 Å². The maximum atomic E-state index is 14.6. The predicted molar refractivity (Wildman–Crippen MR) is 99.4 cm³/mol. The Hall–Kier alpha value is -1.82. The number of hydrogen-bond acceptors (Lipinski definition) is 1. The van der Waals surface area contributed by atoms with Gasteiger partial charge >= 0.3 is 6.18 Å². The third-order valence-electron chi connectivity index (χ3n) is 4.94. The summed E-state index contributed by atoms with van der Waals surface area (Å²) >= 11 is 0. The Labute approximate surface area is 153 Å². The van der Waals surface area contributed by atoms with Crippen LogP contribution in [0.4, 0.5) is 17.6 Å². The first-order valence-electron chi connectivity index (χ1n) is 8.39. The predicted octanol–water partition coefficient (Wildman–Crippen LogP) is 7.20. The molecule has 26 heavy (non-hydrogen) atoms. The highest BCUT2D eigenvalue weighted by atomic mass is 28.4. The van der Waals surface area contributed by atoms with Crippen molar-refractivity contribution in [2.24, 2.45) is 0 Å². The summed E-state index contributed by atoms with van der Waals surface area (Å²) in [6, 6.07) is 8.05. The Balaban J connectivity index is 2.45. The van der Waals surface area contributed by atoms with Gasteiger partial charge in [0.05, 0.1) is 5.56 Å². The van der Waals surface area contributed by atoms with Crippen LogP contribution < -0.4 is 4.43 Å². The van der Waals surface area contributed by atoms with E-state index in [1.165, 1.54) is 12.1 Å². The van der Waals surface area contributed by atoms with Gasteiger partial charge in [0.15, 0.2) is 5.82 Å². The van der Waals surface area contributed by atoms with Gasteiger partial charge in [0.25, 0.3) is 8.32 Å². The van der Waals surface area contributed by atoms with Crippen LogP contribution in [-0.2, 0) is 6.18 Å². The molecule has 0 aliphatic rings. The van der Waals surface area contributed by atoms with Crippen LogP contribution in [-0.4, -0.2) is 8.32 Å². The van der Waals surface area contributed by atoms with Crippen molar-refractivity contribution in [3.8, 4) is 16.9 Å². The van der Waals surface area contributed by atoms with Gasteiger partial charge in [0, 0.05) is 0 Å². The molecule has 0 aliphatic carbocycles. The Kier molecular flexibility index (Phi) is 5.30. The second-order valence-corrected chi connectivity index (χ2v) is 12.8. The molecular weight excluding hydrogens is 360 g/mol. The summed E-state index contributed by atoms with van der Waals surface area (Å²) in [5.74, 6) is -0.267. The monoisotopic (exact) mass is 384 g/mol. The fourth-order valence-electron chi connectivity index (χ4n) is 2.26. The molecular formula is C20H24F4OSi. The van der Waals surface area contributed by atoms with Crippen molar-refractivity contribution in [3.05, 3.63) is 53.3 Å². The summed E-state index contributed by atoms with van der Waals surface area (Å²) in [5.41, 5.74) is 0.904. The van der Waals surface area contributed by atoms with E-state index in [-0.39, 0.29) is 10.8 Å². The summed E-state index contributed by atoms with van der Waals surface area (Å²) in [6.45, 7) is 11.8. The number of aryl methyl sites for hydroxylation is 1. The minimum Gasteiger partial charge on any atom is -0.542 e. The first-order chi connectivity index (χ1) is 11.7. The zero-order chi connectivity index (χ0) is 19.9. The number of benzene rings is 2. The van der Waals surface area contributed by atoms with E-state index in [2.05, 4.69) is 20.8 Å². The van der Waals surface area contributed by atoms with Gasteiger partial charge in [-0.25, -0.2) is 4.39 Å². The van der Waals surface area contributed by atoms with Crippen LogP contribution in [0.15, 0.2) is 36.4 Å². The minimum atomic E-state index is -4.38. The molecule has 0 unspecified atom stereocenters. The van der Waals surface area contributed by atoms with E-state index in [9.17, 15) is 17.6 Å². The molecule has 2 aromatic rings. The molecule has 142 valence electrons. The molecule has 0 radical (unpaired) electrons. The highest BCUT2D eigenvalue weighted by molar-refractivity contribution is 6.74. The van der Waals surface area contributed by atoms with Crippen LogP contribution in [0.2, 0.25) is 18.1 Å². The van der Waals surface area contributed by atoms with Crippen molar-refractivity contribution in [2.75, 3.05) is 0 Å². The van der Waals surface area contributed by atoms with Gasteiger partial charge < -0.3 is 4.43 Å². The zero-order valence-corrected chi connectivity index (χ0v) is 16.9. The largest absolute Gasteiger partial charge is 0.542 e. The van der Waals surface area contributed by atoms with E-state index in [1.807, 2.05) is 13.1 Å². The number of rotatable bonds is 3. The summed E-state index contributed by atoms with van der Waals surface area (Å²) in [4.78, 5) is 0. The molecule has 0 spiro atoms. The van der Waals surface area contributed by atoms with Gasteiger partial charge in [-0.1, -0.05) is 32.9 Å². The molecule has 0 bridgehead atoms. The molecule has 2 rings (SSSR count). The van der Waals surface area contributed by atoms with Gasteiger partial charge in [-0.2, -0.15) is 13.2 Å². The van der Waals surface area contributed by atoms with Gasteiger partial charge in [-0.05, 0) is 66.0 Å². The smallest absolute Gasteiger partial charge is 0.416 e. The topological polar surface area (TPSA) is 9.23 Å².